The second-order valence-corrected chi connectivity index (χ2v) is 4.82. The minimum Gasteiger partial charge on any atom is -0.476 e. The van der Waals surface area contributed by atoms with Crippen molar-refractivity contribution in [1.29, 1.82) is 0 Å². The van der Waals surface area contributed by atoms with E-state index >= 15 is 0 Å². The van der Waals surface area contributed by atoms with Gasteiger partial charge in [0, 0.05) is 12.5 Å². The van der Waals surface area contributed by atoms with Crippen molar-refractivity contribution in [3.63, 3.8) is 0 Å². The number of benzene rings is 1. The molecule has 1 aromatic carbocycles. The normalized spacial score (nSPS) is 15.8. The number of aromatic nitrogens is 2. The number of ether oxygens (including phenoxy) is 1. The maximum absolute atomic E-state index is 11.1. The average molecular weight is 286 g/mol. The molecular weight excluding hydrogens is 272 g/mol. The molecule has 1 aliphatic rings. The molecule has 0 bridgehead atoms. The lowest BCUT2D eigenvalue weighted by atomic mass is 9.77. The van der Waals surface area contributed by atoms with E-state index < -0.39 is 4.92 Å². The fraction of sp³-hybridized carbons (Fsp3) is 0.286. The van der Waals surface area contributed by atoms with Crippen molar-refractivity contribution in [2.45, 2.75) is 12.3 Å². The van der Waals surface area contributed by atoms with Gasteiger partial charge in [-0.05, 0) is 17.5 Å². The summed E-state index contributed by atoms with van der Waals surface area (Å²) in [6, 6.07) is 8.20. The Labute approximate surface area is 121 Å². The molecule has 7 heteroatoms. The van der Waals surface area contributed by atoms with Gasteiger partial charge in [-0.3, -0.25) is 10.1 Å². The maximum Gasteiger partial charge on any atom is 0.372 e. The van der Waals surface area contributed by atoms with Crippen LogP contribution in [-0.2, 0) is 6.42 Å². The molecule has 1 aliphatic carbocycles. The molecule has 1 N–H and O–H groups in total. The zero-order valence-electron chi connectivity index (χ0n) is 11.4. The zero-order chi connectivity index (χ0) is 14.8. The Bertz CT molecular complexity index is 690. The Morgan fingerprint density at radius 3 is 2.95 bits per heavy atom. The summed E-state index contributed by atoms with van der Waals surface area (Å²) >= 11 is 0. The molecule has 0 aliphatic heterocycles. The summed E-state index contributed by atoms with van der Waals surface area (Å²) in [5.41, 5.74) is 2.39. The Kier molecular flexibility index (Phi) is 3.39. The van der Waals surface area contributed by atoms with Gasteiger partial charge in [0.25, 0.3) is 5.88 Å². The number of rotatable bonds is 5. The number of nitro groups is 1. The fourth-order valence-electron chi connectivity index (χ4n) is 2.57. The van der Waals surface area contributed by atoms with Crippen molar-refractivity contribution in [2.24, 2.45) is 0 Å². The second kappa shape index (κ2) is 5.35. The smallest absolute Gasteiger partial charge is 0.372 e. The van der Waals surface area contributed by atoms with Gasteiger partial charge in [-0.1, -0.05) is 24.3 Å². The zero-order valence-corrected chi connectivity index (χ0v) is 11.4. The van der Waals surface area contributed by atoms with Crippen molar-refractivity contribution >= 4 is 11.5 Å². The highest BCUT2D eigenvalue weighted by Gasteiger charge is 2.28. The summed E-state index contributed by atoms with van der Waals surface area (Å²) in [6.45, 7) is 0.595. The molecule has 0 saturated heterocycles. The van der Waals surface area contributed by atoms with E-state index in [2.05, 4.69) is 27.4 Å². The largest absolute Gasteiger partial charge is 0.476 e. The third-order valence-electron chi connectivity index (χ3n) is 3.64. The third kappa shape index (κ3) is 2.37. The van der Waals surface area contributed by atoms with Crippen LogP contribution in [0.15, 0.2) is 30.6 Å². The van der Waals surface area contributed by atoms with Gasteiger partial charge in [0.05, 0.1) is 12.0 Å². The molecule has 2 aromatic rings. The first-order chi connectivity index (χ1) is 10.2. The van der Waals surface area contributed by atoms with Crippen LogP contribution in [-0.4, -0.2) is 28.5 Å². The lowest BCUT2D eigenvalue weighted by Crippen LogP contribution is -2.24. The highest BCUT2D eigenvalue weighted by molar-refractivity contribution is 5.61. The first-order valence-electron chi connectivity index (χ1n) is 6.55. The van der Waals surface area contributed by atoms with Crippen molar-refractivity contribution in [2.75, 3.05) is 19.0 Å². The average Bonchev–Trinajstić information content (AvgIpc) is 2.47. The molecule has 0 fully saturated rings. The fourth-order valence-corrected chi connectivity index (χ4v) is 2.57. The Morgan fingerprint density at radius 2 is 2.24 bits per heavy atom. The molecule has 1 aromatic heterocycles. The van der Waals surface area contributed by atoms with Crippen LogP contribution in [0.1, 0.15) is 17.0 Å². The van der Waals surface area contributed by atoms with E-state index in [0.29, 0.717) is 12.5 Å². The number of hydrogen-bond donors (Lipinski definition) is 1. The van der Waals surface area contributed by atoms with E-state index in [-0.39, 0.29) is 17.4 Å². The van der Waals surface area contributed by atoms with E-state index in [1.165, 1.54) is 24.6 Å². The molecule has 7 nitrogen and oxygen atoms in total. The quantitative estimate of drug-likeness (QED) is 0.669. The SMILES string of the molecule is COc1ncnc(NCC2Cc3ccccc32)c1[N+](=O)[O-]. The molecule has 21 heavy (non-hydrogen) atoms. The summed E-state index contributed by atoms with van der Waals surface area (Å²) in [7, 11) is 1.35. The van der Waals surface area contributed by atoms with Crippen LogP contribution in [0.5, 0.6) is 5.88 Å². The van der Waals surface area contributed by atoms with Gasteiger partial charge in [0.1, 0.15) is 6.33 Å². The van der Waals surface area contributed by atoms with Crippen LogP contribution in [0, 0.1) is 10.1 Å². The Balaban J connectivity index is 1.76. The van der Waals surface area contributed by atoms with Crippen molar-refractivity contribution in [3.05, 3.63) is 51.8 Å². The van der Waals surface area contributed by atoms with Crippen LogP contribution in [0.2, 0.25) is 0 Å². The molecule has 1 heterocycles. The highest BCUT2D eigenvalue weighted by atomic mass is 16.6. The number of fused-ring (bicyclic) bond motifs is 1. The van der Waals surface area contributed by atoms with Gasteiger partial charge >= 0.3 is 5.69 Å². The topological polar surface area (TPSA) is 90.2 Å². The summed E-state index contributed by atoms with van der Waals surface area (Å²) in [6.07, 6.45) is 2.22. The molecule has 0 saturated carbocycles. The van der Waals surface area contributed by atoms with Crippen LogP contribution < -0.4 is 10.1 Å². The minimum absolute atomic E-state index is 0.0356. The van der Waals surface area contributed by atoms with E-state index in [9.17, 15) is 10.1 Å². The number of anilines is 1. The standard InChI is InChI=1S/C14H14N4O3/c1-21-14-12(18(19)20)13(16-8-17-14)15-7-10-6-9-4-2-3-5-11(9)10/h2-5,8,10H,6-7H2,1H3,(H,15,16,17). The predicted octanol–water partition coefficient (Wildman–Crippen LogP) is 2.15. The minimum atomic E-state index is -0.532. The first kappa shape index (κ1) is 13.3. The number of nitrogens with one attached hydrogen (secondary N) is 1. The van der Waals surface area contributed by atoms with Gasteiger partial charge in [-0.15, -0.1) is 0 Å². The van der Waals surface area contributed by atoms with E-state index in [4.69, 9.17) is 4.74 Å². The lowest BCUT2D eigenvalue weighted by Gasteiger charge is -2.30. The Morgan fingerprint density at radius 1 is 1.43 bits per heavy atom. The third-order valence-corrected chi connectivity index (χ3v) is 3.64. The molecule has 108 valence electrons. The maximum atomic E-state index is 11.1. The van der Waals surface area contributed by atoms with Gasteiger partial charge in [0.15, 0.2) is 0 Å². The van der Waals surface area contributed by atoms with Crippen LogP contribution in [0.25, 0.3) is 0 Å². The molecular formula is C14H14N4O3. The summed E-state index contributed by atoms with van der Waals surface area (Å²) in [5.74, 6) is 0.504. The number of hydrogen-bond acceptors (Lipinski definition) is 6. The summed E-state index contributed by atoms with van der Waals surface area (Å²) < 4.78 is 4.92. The van der Waals surface area contributed by atoms with Crippen LogP contribution in [0.3, 0.4) is 0 Å². The molecule has 0 radical (unpaired) electrons. The second-order valence-electron chi connectivity index (χ2n) is 4.82. The predicted molar refractivity (Wildman–Crippen MR) is 76.6 cm³/mol. The Hall–Kier alpha value is -2.70. The summed E-state index contributed by atoms with van der Waals surface area (Å²) in [5, 5.41) is 14.2. The van der Waals surface area contributed by atoms with Crippen LogP contribution >= 0.6 is 0 Å². The van der Waals surface area contributed by atoms with Crippen molar-refractivity contribution < 1.29 is 9.66 Å². The van der Waals surface area contributed by atoms with Gasteiger partial charge < -0.3 is 10.1 Å². The van der Waals surface area contributed by atoms with E-state index in [0.717, 1.165) is 6.42 Å². The van der Waals surface area contributed by atoms with Gasteiger partial charge in [-0.25, -0.2) is 4.98 Å². The monoisotopic (exact) mass is 286 g/mol. The van der Waals surface area contributed by atoms with Crippen LogP contribution in [0.4, 0.5) is 11.5 Å². The van der Waals surface area contributed by atoms with Crippen molar-refractivity contribution in [1.82, 2.24) is 9.97 Å². The van der Waals surface area contributed by atoms with E-state index in [1.54, 1.807) is 0 Å². The van der Waals surface area contributed by atoms with Gasteiger partial charge in [0.2, 0.25) is 5.82 Å². The molecule has 1 unspecified atom stereocenters. The lowest BCUT2D eigenvalue weighted by molar-refractivity contribution is -0.385. The molecule has 0 amide bonds. The molecule has 0 spiro atoms. The van der Waals surface area contributed by atoms with Crippen molar-refractivity contribution in [3.8, 4) is 5.88 Å². The highest BCUT2D eigenvalue weighted by Crippen LogP contribution is 2.36. The molecule has 1 atom stereocenters. The van der Waals surface area contributed by atoms with E-state index in [1.807, 2.05) is 12.1 Å². The number of methoxy groups -OCH3 is 1. The molecule has 3 rings (SSSR count). The first-order valence-corrected chi connectivity index (χ1v) is 6.55. The van der Waals surface area contributed by atoms with Gasteiger partial charge in [-0.2, -0.15) is 4.98 Å². The number of nitrogens with zero attached hydrogens (tertiary/aromatic N) is 3. The summed E-state index contributed by atoms with van der Waals surface area (Å²) in [4.78, 5) is 18.3.